The van der Waals surface area contributed by atoms with Gasteiger partial charge >= 0.3 is 189 Å². The molecular formula is C29H29I. The first-order chi connectivity index (χ1) is 14.6. The van der Waals surface area contributed by atoms with Crippen molar-refractivity contribution >= 4 is 19.8 Å². The van der Waals surface area contributed by atoms with Gasteiger partial charge < -0.3 is 0 Å². The third-order valence-corrected chi connectivity index (χ3v) is 12.2. The predicted octanol–water partition coefficient (Wildman–Crippen LogP) is 8.14. The molecule has 0 aliphatic carbocycles. The molecule has 0 saturated heterocycles. The Hall–Kier alpha value is -2.39. The van der Waals surface area contributed by atoms with E-state index in [2.05, 4.69) is 124 Å². The van der Waals surface area contributed by atoms with E-state index in [1.165, 1.54) is 35.0 Å². The molecule has 4 aromatic rings. The normalized spacial score (nSPS) is 12.4. The molecule has 1 heteroatoms. The number of hydrogen-bond acceptors (Lipinski definition) is 0. The molecule has 0 amide bonds. The van der Waals surface area contributed by atoms with Crippen LogP contribution in [0.15, 0.2) is 103 Å². The molecule has 0 nitrogen and oxygen atoms in total. The van der Waals surface area contributed by atoms with Crippen molar-refractivity contribution in [3.8, 4) is 0 Å². The van der Waals surface area contributed by atoms with Gasteiger partial charge in [-0.1, -0.05) is 0 Å². The van der Waals surface area contributed by atoms with Crippen molar-refractivity contribution in [3.63, 3.8) is 0 Å². The van der Waals surface area contributed by atoms with Gasteiger partial charge in [0.2, 0.25) is 0 Å². The zero-order valence-corrected chi connectivity index (χ0v) is 20.1. The molecule has 4 aromatic carbocycles. The minimum atomic E-state index is -1.74. The number of alkyl halides is 1. The van der Waals surface area contributed by atoms with Crippen molar-refractivity contribution in [2.24, 2.45) is 0 Å². The standard InChI is InChI=1S/C29H29I/c1-22-9-15-25(16-10-22)21-29(26-17-11-23(2)12-18-26)30(27-7-5-4-6-8-27)28-19-13-24(3)14-20-28/h4-20,29H,21H2,1-3H3. The van der Waals surface area contributed by atoms with Gasteiger partial charge in [-0.25, -0.2) is 0 Å². The molecule has 0 heterocycles. The Kier molecular flexibility index (Phi) is 6.69. The summed E-state index contributed by atoms with van der Waals surface area (Å²) in [5.41, 5.74) is 6.87. The summed E-state index contributed by atoms with van der Waals surface area (Å²) in [6.07, 6.45) is 1.08. The van der Waals surface area contributed by atoms with Crippen molar-refractivity contribution in [1.82, 2.24) is 0 Å². The Morgan fingerprint density at radius 2 is 1.00 bits per heavy atom. The van der Waals surface area contributed by atoms with Crippen molar-refractivity contribution in [3.05, 3.63) is 138 Å². The van der Waals surface area contributed by atoms with Crippen LogP contribution in [0.2, 0.25) is 0 Å². The third-order valence-electron chi connectivity index (χ3n) is 5.45. The summed E-state index contributed by atoms with van der Waals surface area (Å²) < 4.78 is 3.58. The summed E-state index contributed by atoms with van der Waals surface area (Å²) in [6, 6.07) is 38.9. The zero-order valence-electron chi connectivity index (χ0n) is 18.0. The van der Waals surface area contributed by atoms with Gasteiger partial charge in [0, 0.05) is 0 Å². The van der Waals surface area contributed by atoms with Crippen LogP contribution in [0.1, 0.15) is 31.7 Å². The first-order valence-corrected chi connectivity index (χ1v) is 13.9. The van der Waals surface area contributed by atoms with Gasteiger partial charge in [0.1, 0.15) is 0 Å². The van der Waals surface area contributed by atoms with Crippen LogP contribution in [0.3, 0.4) is 0 Å². The molecular weight excluding hydrogens is 475 g/mol. The molecule has 0 N–H and O–H groups in total. The van der Waals surface area contributed by atoms with Crippen molar-refractivity contribution < 1.29 is 0 Å². The monoisotopic (exact) mass is 504 g/mol. The molecule has 152 valence electrons. The van der Waals surface area contributed by atoms with Crippen LogP contribution in [-0.4, -0.2) is 0 Å². The second-order valence-corrected chi connectivity index (χ2v) is 13.8. The average molecular weight is 504 g/mol. The second-order valence-electron chi connectivity index (χ2n) is 7.97. The number of rotatable bonds is 6. The molecule has 0 aromatic heterocycles. The van der Waals surface area contributed by atoms with E-state index in [0.717, 1.165) is 6.42 Å². The maximum absolute atomic E-state index is 2.38. The van der Waals surface area contributed by atoms with E-state index in [1.807, 2.05) is 0 Å². The molecule has 0 bridgehead atoms. The summed E-state index contributed by atoms with van der Waals surface area (Å²) in [5.74, 6) is 0. The molecule has 30 heavy (non-hydrogen) atoms. The Labute approximate surface area is 188 Å². The van der Waals surface area contributed by atoms with Gasteiger partial charge in [0.25, 0.3) is 0 Å². The van der Waals surface area contributed by atoms with Crippen LogP contribution in [0.4, 0.5) is 0 Å². The minimum absolute atomic E-state index is 0.516. The van der Waals surface area contributed by atoms with Crippen LogP contribution in [0, 0.1) is 27.9 Å². The fourth-order valence-electron chi connectivity index (χ4n) is 3.68. The van der Waals surface area contributed by atoms with Crippen LogP contribution >= 0.6 is 19.8 Å². The van der Waals surface area contributed by atoms with E-state index in [0.29, 0.717) is 3.92 Å². The molecule has 0 spiro atoms. The van der Waals surface area contributed by atoms with E-state index in [1.54, 1.807) is 0 Å². The fourth-order valence-corrected chi connectivity index (χ4v) is 10.5. The number of benzene rings is 4. The van der Waals surface area contributed by atoms with Gasteiger partial charge in [-0.05, 0) is 0 Å². The Bertz CT molecular complexity index is 1060. The van der Waals surface area contributed by atoms with Gasteiger partial charge in [0.15, 0.2) is 0 Å². The van der Waals surface area contributed by atoms with E-state index < -0.39 is 19.8 Å². The Balaban J connectivity index is 1.84. The van der Waals surface area contributed by atoms with Crippen LogP contribution in [0.25, 0.3) is 0 Å². The van der Waals surface area contributed by atoms with Gasteiger partial charge in [-0.3, -0.25) is 0 Å². The summed E-state index contributed by atoms with van der Waals surface area (Å²) in [6.45, 7) is 6.51. The van der Waals surface area contributed by atoms with Crippen LogP contribution in [-0.2, 0) is 6.42 Å². The molecule has 0 aliphatic rings. The SMILES string of the molecule is Cc1ccc(CC(c2ccc(C)cc2)I(c2ccccc2)c2ccc(C)cc2)cc1. The summed E-state index contributed by atoms with van der Waals surface area (Å²) in [5, 5.41) is 0. The summed E-state index contributed by atoms with van der Waals surface area (Å²) in [7, 11) is 0. The fraction of sp³-hybridized carbons (Fsp3) is 0.172. The first-order valence-electron chi connectivity index (χ1n) is 10.5. The molecule has 4 rings (SSSR count). The first kappa shape index (κ1) is 20.9. The van der Waals surface area contributed by atoms with E-state index >= 15 is 0 Å². The van der Waals surface area contributed by atoms with Crippen molar-refractivity contribution in [1.29, 1.82) is 0 Å². The second kappa shape index (κ2) is 9.61. The zero-order chi connectivity index (χ0) is 20.9. The van der Waals surface area contributed by atoms with Gasteiger partial charge in [-0.15, -0.1) is 0 Å². The summed E-state index contributed by atoms with van der Waals surface area (Å²) >= 11 is -1.74. The van der Waals surface area contributed by atoms with E-state index in [-0.39, 0.29) is 0 Å². The predicted molar refractivity (Wildman–Crippen MR) is 138 cm³/mol. The Morgan fingerprint density at radius 1 is 0.533 bits per heavy atom. The molecule has 0 fully saturated rings. The van der Waals surface area contributed by atoms with Crippen molar-refractivity contribution in [2.75, 3.05) is 0 Å². The number of halogens is 1. The van der Waals surface area contributed by atoms with Gasteiger partial charge in [-0.2, -0.15) is 0 Å². The molecule has 1 unspecified atom stereocenters. The topological polar surface area (TPSA) is 0 Å². The molecule has 0 saturated carbocycles. The quantitative estimate of drug-likeness (QED) is 0.184. The van der Waals surface area contributed by atoms with Crippen molar-refractivity contribution in [2.45, 2.75) is 31.1 Å². The third kappa shape index (κ3) is 5.02. The average Bonchev–Trinajstić information content (AvgIpc) is 2.77. The van der Waals surface area contributed by atoms with E-state index in [4.69, 9.17) is 0 Å². The molecule has 1 atom stereocenters. The Morgan fingerprint density at radius 3 is 1.57 bits per heavy atom. The number of aryl methyl sites for hydroxylation is 3. The molecule has 0 radical (unpaired) electrons. The number of hydrogen-bond donors (Lipinski definition) is 0. The van der Waals surface area contributed by atoms with E-state index in [9.17, 15) is 0 Å². The van der Waals surface area contributed by atoms with Crippen LogP contribution < -0.4 is 0 Å². The van der Waals surface area contributed by atoms with Gasteiger partial charge in [0.05, 0.1) is 0 Å². The van der Waals surface area contributed by atoms with Crippen LogP contribution in [0.5, 0.6) is 0 Å². The summed E-state index contributed by atoms with van der Waals surface area (Å²) in [4.78, 5) is 0. The molecule has 0 aliphatic heterocycles. The maximum atomic E-state index is 2.38.